The molecule has 1 aliphatic carbocycles. The fourth-order valence-corrected chi connectivity index (χ4v) is 2.67. The van der Waals surface area contributed by atoms with Crippen molar-refractivity contribution in [2.75, 3.05) is 20.8 Å². The van der Waals surface area contributed by atoms with Gasteiger partial charge in [0.05, 0.1) is 13.2 Å². The van der Waals surface area contributed by atoms with Gasteiger partial charge in [-0.05, 0) is 30.5 Å². The lowest BCUT2D eigenvalue weighted by molar-refractivity contribution is 0.103. The number of amides is 2. The highest BCUT2D eigenvalue weighted by Gasteiger charge is 2.18. The summed E-state index contributed by atoms with van der Waals surface area (Å²) in [6.45, 7) is 0.433. The molecule has 21 heavy (non-hydrogen) atoms. The van der Waals surface area contributed by atoms with Crippen LogP contribution in [0, 0.1) is 0 Å². The van der Waals surface area contributed by atoms with E-state index in [4.69, 9.17) is 9.47 Å². The fourth-order valence-electron chi connectivity index (χ4n) is 2.67. The highest BCUT2D eigenvalue weighted by molar-refractivity contribution is 5.74. The third-order valence-corrected chi connectivity index (χ3v) is 3.89. The van der Waals surface area contributed by atoms with Gasteiger partial charge >= 0.3 is 6.03 Å². The monoisotopic (exact) mass is 292 g/mol. The molecule has 0 heterocycles. The zero-order valence-electron chi connectivity index (χ0n) is 12.7. The summed E-state index contributed by atoms with van der Waals surface area (Å²) in [7, 11) is 3.27. The van der Waals surface area contributed by atoms with Crippen LogP contribution < -0.4 is 15.4 Å². The Morgan fingerprint density at radius 1 is 1.33 bits per heavy atom. The molecule has 1 aromatic rings. The van der Waals surface area contributed by atoms with Crippen LogP contribution in [-0.4, -0.2) is 32.8 Å². The molecule has 2 amide bonds. The molecule has 0 aromatic heterocycles. The number of ether oxygens (including phenoxy) is 2. The molecule has 2 rings (SSSR count). The first-order valence-corrected chi connectivity index (χ1v) is 7.44. The van der Waals surface area contributed by atoms with Gasteiger partial charge in [0.2, 0.25) is 0 Å². The normalized spacial score (nSPS) is 16.5. The molecule has 0 aliphatic heterocycles. The minimum Gasteiger partial charge on any atom is -0.497 e. The van der Waals surface area contributed by atoms with Gasteiger partial charge in [-0.15, -0.1) is 0 Å². The Labute approximate surface area is 126 Å². The SMILES string of the molecule is COc1cccc([C@@H](CNC(=O)NC2CCCC2)OC)c1. The van der Waals surface area contributed by atoms with E-state index in [0.717, 1.165) is 24.2 Å². The summed E-state index contributed by atoms with van der Waals surface area (Å²) in [6.07, 6.45) is 4.38. The Morgan fingerprint density at radius 2 is 2.10 bits per heavy atom. The number of carbonyl (C=O) groups is 1. The van der Waals surface area contributed by atoms with E-state index in [-0.39, 0.29) is 12.1 Å². The van der Waals surface area contributed by atoms with Gasteiger partial charge in [-0.1, -0.05) is 25.0 Å². The topological polar surface area (TPSA) is 59.6 Å². The number of carbonyl (C=O) groups excluding carboxylic acids is 1. The number of methoxy groups -OCH3 is 2. The molecule has 5 heteroatoms. The van der Waals surface area contributed by atoms with Gasteiger partial charge in [0.1, 0.15) is 5.75 Å². The second-order valence-corrected chi connectivity index (χ2v) is 5.34. The first-order chi connectivity index (χ1) is 10.2. The first-order valence-electron chi connectivity index (χ1n) is 7.44. The molecule has 0 spiro atoms. The largest absolute Gasteiger partial charge is 0.497 e. The third kappa shape index (κ3) is 4.63. The molecule has 1 aliphatic rings. The van der Waals surface area contributed by atoms with E-state index in [2.05, 4.69) is 10.6 Å². The van der Waals surface area contributed by atoms with Crippen LogP contribution in [0.25, 0.3) is 0 Å². The highest BCUT2D eigenvalue weighted by Crippen LogP contribution is 2.21. The van der Waals surface area contributed by atoms with Crippen molar-refractivity contribution in [1.82, 2.24) is 10.6 Å². The van der Waals surface area contributed by atoms with Crippen molar-refractivity contribution in [3.8, 4) is 5.75 Å². The number of urea groups is 1. The van der Waals surface area contributed by atoms with E-state index in [1.807, 2.05) is 24.3 Å². The van der Waals surface area contributed by atoms with Crippen LogP contribution >= 0.6 is 0 Å². The average molecular weight is 292 g/mol. The number of rotatable bonds is 6. The van der Waals surface area contributed by atoms with Crippen molar-refractivity contribution in [2.24, 2.45) is 0 Å². The molecule has 1 atom stereocenters. The van der Waals surface area contributed by atoms with Gasteiger partial charge < -0.3 is 20.1 Å². The number of nitrogens with one attached hydrogen (secondary N) is 2. The molecular formula is C16H24N2O3. The minimum absolute atomic E-state index is 0.119. The molecule has 2 N–H and O–H groups in total. The van der Waals surface area contributed by atoms with Gasteiger partial charge in [0, 0.05) is 19.7 Å². The van der Waals surface area contributed by atoms with Crippen molar-refractivity contribution in [3.63, 3.8) is 0 Å². The van der Waals surface area contributed by atoms with Crippen LogP contribution in [0.5, 0.6) is 5.75 Å². The molecule has 5 nitrogen and oxygen atoms in total. The average Bonchev–Trinajstić information content (AvgIpc) is 3.01. The minimum atomic E-state index is -0.186. The van der Waals surface area contributed by atoms with Gasteiger partial charge in [-0.25, -0.2) is 4.79 Å². The predicted octanol–water partition coefficient (Wildman–Crippen LogP) is 2.62. The zero-order chi connectivity index (χ0) is 15.1. The van der Waals surface area contributed by atoms with Crippen molar-refractivity contribution in [1.29, 1.82) is 0 Å². The molecular weight excluding hydrogens is 268 g/mol. The van der Waals surface area contributed by atoms with Gasteiger partial charge in [-0.2, -0.15) is 0 Å². The van der Waals surface area contributed by atoms with Gasteiger partial charge in [-0.3, -0.25) is 0 Å². The van der Waals surface area contributed by atoms with Crippen molar-refractivity contribution < 1.29 is 14.3 Å². The molecule has 116 valence electrons. The van der Waals surface area contributed by atoms with Gasteiger partial charge in [0.15, 0.2) is 0 Å². The lowest BCUT2D eigenvalue weighted by Crippen LogP contribution is -2.42. The fraction of sp³-hybridized carbons (Fsp3) is 0.562. The van der Waals surface area contributed by atoms with Crippen LogP contribution in [-0.2, 0) is 4.74 Å². The van der Waals surface area contributed by atoms with E-state index in [1.165, 1.54) is 12.8 Å². The molecule has 0 saturated heterocycles. The van der Waals surface area contributed by atoms with Crippen LogP contribution in [0.4, 0.5) is 4.79 Å². The zero-order valence-corrected chi connectivity index (χ0v) is 12.7. The summed E-state index contributed by atoms with van der Waals surface area (Å²) in [4.78, 5) is 11.9. The second kappa shape index (κ2) is 7.88. The van der Waals surface area contributed by atoms with Crippen LogP contribution in [0.1, 0.15) is 37.4 Å². The van der Waals surface area contributed by atoms with Crippen LogP contribution in [0.2, 0.25) is 0 Å². The summed E-state index contributed by atoms with van der Waals surface area (Å²) in [6, 6.07) is 7.89. The predicted molar refractivity (Wildman–Crippen MR) is 81.5 cm³/mol. The standard InChI is InChI=1S/C16H24N2O3/c1-20-14-9-5-6-12(10-14)15(21-2)11-17-16(19)18-13-7-3-4-8-13/h5-6,9-10,13,15H,3-4,7-8,11H2,1-2H3,(H2,17,18,19)/t15-/m1/s1. The molecule has 0 radical (unpaired) electrons. The Morgan fingerprint density at radius 3 is 2.76 bits per heavy atom. The molecule has 1 fully saturated rings. The maximum Gasteiger partial charge on any atom is 0.315 e. The quantitative estimate of drug-likeness (QED) is 0.847. The summed E-state index contributed by atoms with van der Waals surface area (Å²) in [5.74, 6) is 0.782. The Balaban J connectivity index is 1.85. The number of benzene rings is 1. The van der Waals surface area contributed by atoms with E-state index >= 15 is 0 Å². The van der Waals surface area contributed by atoms with E-state index in [1.54, 1.807) is 14.2 Å². The van der Waals surface area contributed by atoms with Crippen molar-refractivity contribution in [3.05, 3.63) is 29.8 Å². The van der Waals surface area contributed by atoms with Crippen LogP contribution in [0.15, 0.2) is 24.3 Å². The lowest BCUT2D eigenvalue weighted by Gasteiger charge is -2.19. The van der Waals surface area contributed by atoms with Gasteiger partial charge in [0.25, 0.3) is 0 Å². The molecule has 1 saturated carbocycles. The summed E-state index contributed by atoms with van der Waals surface area (Å²) in [5, 5.41) is 5.88. The van der Waals surface area contributed by atoms with Crippen molar-refractivity contribution >= 4 is 6.03 Å². The Bertz CT molecular complexity index is 459. The maximum atomic E-state index is 11.9. The van der Waals surface area contributed by atoms with Crippen molar-refractivity contribution in [2.45, 2.75) is 37.8 Å². The molecule has 0 bridgehead atoms. The number of hydrogen-bond donors (Lipinski definition) is 2. The smallest absolute Gasteiger partial charge is 0.315 e. The third-order valence-electron chi connectivity index (χ3n) is 3.89. The molecule has 0 unspecified atom stereocenters. The van der Waals surface area contributed by atoms with Crippen LogP contribution in [0.3, 0.4) is 0 Å². The summed E-state index contributed by atoms with van der Waals surface area (Å²) < 4.78 is 10.7. The molecule has 1 aromatic carbocycles. The van der Waals surface area contributed by atoms with E-state index in [9.17, 15) is 4.79 Å². The first kappa shape index (κ1) is 15.6. The lowest BCUT2D eigenvalue weighted by atomic mass is 10.1. The highest BCUT2D eigenvalue weighted by atomic mass is 16.5. The summed E-state index contributed by atoms with van der Waals surface area (Å²) >= 11 is 0. The second-order valence-electron chi connectivity index (χ2n) is 5.34. The Hall–Kier alpha value is -1.75. The maximum absolute atomic E-state index is 11.9. The van der Waals surface area contributed by atoms with E-state index < -0.39 is 0 Å². The Kier molecular flexibility index (Phi) is 5.87. The summed E-state index contributed by atoms with van der Waals surface area (Å²) in [5.41, 5.74) is 0.984. The number of hydrogen-bond acceptors (Lipinski definition) is 3. The van der Waals surface area contributed by atoms with E-state index in [0.29, 0.717) is 12.6 Å².